The molecule has 82 valence electrons. The highest BCUT2D eigenvalue weighted by molar-refractivity contribution is 7.16. The first-order valence-corrected chi connectivity index (χ1v) is 4.84. The van der Waals surface area contributed by atoms with Gasteiger partial charge >= 0.3 is 11.0 Å². The number of carbonyl (C=O) groups excluding carboxylic acids is 1. The van der Waals surface area contributed by atoms with E-state index in [0.29, 0.717) is 4.88 Å². The van der Waals surface area contributed by atoms with Gasteiger partial charge in [-0.05, 0) is 12.1 Å². The van der Waals surface area contributed by atoms with Crippen LogP contribution in [0.4, 0.5) is 5.00 Å². The van der Waals surface area contributed by atoms with Gasteiger partial charge in [-0.3, -0.25) is 10.1 Å². The van der Waals surface area contributed by atoms with E-state index in [4.69, 9.17) is 5.26 Å². The molecule has 0 atom stereocenters. The van der Waals surface area contributed by atoms with Crippen LogP contribution in [0.3, 0.4) is 0 Å². The maximum atomic E-state index is 11.0. The van der Waals surface area contributed by atoms with Crippen LogP contribution >= 0.6 is 11.3 Å². The van der Waals surface area contributed by atoms with Crippen molar-refractivity contribution in [2.45, 2.75) is 0 Å². The van der Waals surface area contributed by atoms with E-state index in [1.54, 1.807) is 6.07 Å². The number of ether oxygens (including phenoxy) is 1. The zero-order valence-corrected chi connectivity index (χ0v) is 8.98. The third kappa shape index (κ3) is 2.65. The maximum absolute atomic E-state index is 11.0. The summed E-state index contributed by atoms with van der Waals surface area (Å²) in [6.07, 6.45) is 1.25. The van der Waals surface area contributed by atoms with Crippen LogP contribution in [0.1, 0.15) is 4.88 Å². The van der Waals surface area contributed by atoms with Crippen LogP contribution in [0, 0.1) is 21.4 Å². The van der Waals surface area contributed by atoms with Crippen molar-refractivity contribution >= 4 is 28.4 Å². The second-order valence-corrected chi connectivity index (χ2v) is 3.69. The summed E-state index contributed by atoms with van der Waals surface area (Å²) in [4.78, 5) is 21.4. The lowest BCUT2D eigenvalue weighted by molar-refractivity contribution is -0.380. The lowest BCUT2D eigenvalue weighted by Crippen LogP contribution is -2.02. The molecule has 6 nitrogen and oxygen atoms in total. The van der Waals surface area contributed by atoms with Gasteiger partial charge in [-0.1, -0.05) is 11.3 Å². The lowest BCUT2D eigenvalue weighted by Gasteiger charge is -1.93. The molecule has 0 radical (unpaired) electrons. The number of hydrogen-bond acceptors (Lipinski definition) is 6. The molecule has 0 aliphatic rings. The van der Waals surface area contributed by atoms with Crippen LogP contribution in [0.25, 0.3) is 6.08 Å². The summed E-state index contributed by atoms with van der Waals surface area (Å²) < 4.78 is 4.37. The average molecular weight is 238 g/mol. The van der Waals surface area contributed by atoms with E-state index in [2.05, 4.69) is 4.74 Å². The van der Waals surface area contributed by atoms with Crippen LogP contribution in [0.5, 0.6) is 0 Å². The van der Waals surface area contributed by atoms with Crippen molar-refractivity contribution in [1.82, 2.24) is 0 Å². The van der Waals surface area contributed by atoms with Crippen LogP contribution in [-0.4, -0.2) is 18.0 Å². The average Bonchev–Trinajstić information content (AvgIpc) is 2.73. The Kier molecular flexibility index (Phi) is 3.74. The van der Waals surface area contributed by atoms with E-state index >= 15 is 0 Å². The van der Waals surface area contributed by atoms with Gasteiger partial charge in [0.25, 0.3) is 0 Å². The van der Waals surface area contributed by atoms with Crippen LogP contribution in [0.15, 0.2) is 17.7 Å². The second-order valence-electron chi connectivity index (χ2n) is 2.59. The monoisotopic (exact) mass is 238 g/mol. The molecule has 1 rings (SSSR count). The predicted octanol–water partition coefficient (Wildman–Crippen LogP) is 1.74. The number of thiophene rings is 1. The maximum Gasteiger partial charge on any atom is 0.348 e. The van der Waals surface area contributed by atoms with Gasteiger partial charge in [0.1, 0.15) is 11.6 Å². The highest BCUT2D eigenvalue weighted by Crippen LogP contribution is 2.25. The number of methoxy groups -OCH3 is 1. The normalized spacial score (nSPS) is 10.6. The summed E-state index contributed by atoms with van der Waals surface area (Å²) in [6, 6.07) is 4.43. The molecule has 0 fully saturated rings. The van der Waals surface area contributed by atoms with Crippen molar-refractivity contribution in [1.29, 1.82) is 5.26 Å². The number of rotatable bonds is 3. The highest BCUT2D eigenvalue weighted by Gasteiger charge is 2.12. The van der Waals surface area contributed by atoms with E-state index in [-0.39, 0.29) is 10.6 Å². The van der Waals surface area contributed by atoms with E-state index in [0.717, 1.165) is 18.4 Å². The van der Waals surface area contributed by atoms with Gasteiger partial charge in [0.05, 0.1) is 12.0 Å². The predicted molar refractivity (Wildman–Crippen MR) is 56.6 cm³/mol. The van der Waals surface area contributed by atoms with E-state index < -0.39 is 10.9 Å². The van der Waals surface area contributed by atoms with Crippen molar-refractivity contribution < 1.29 is 14.5 Å². The van der Waals surface area contributed by atoms with Gasteiger partial charge in [-0.25, -0.2) is 4.79 Å². The summed E-state index contributed by atoms with van der Waals surface area (Å²) in [7, 11) is 1.16. The first kappa shape index (κ1) is 11.9. The minimum absolute atomic E-state index is 0.0478. The second kappa shape index (κ2) is 5.04. The summed E-state index contributed by atoms with van der Waals surface area (Å²) in [5.74, 6) is -0.765. The molecule has 0 aromatic carbocycles. The van der Waals surface area contributed by atoms with Crippen LogP contribution in [0.2, 0.25) is 0 Å². The zero-order valence-electron chi connectivity index (χ0n) is 8.17. The van der Waals surface area contributed by atoms with E-state index in [1.165, 1.54) is 18.2 Å². The highest BCUT2D eigenvalue weighted by atomic mass is 32.1. The largest absolute Gasteiger partial charge is 0.465 e. The van der Waals surface area contributed by atoms with Gasteiger partial charge in [-0.2, -0.15) is 5.26 Å². The molecule has 0 aliphatic carbocycles. The Morgan fingerprint density at radius 3 is 2.81 bits per heavy atom. The third-order valence-electron chi connectivity index (χ3n) is 1.60. The summed E-state index contributed by atoms with van der Waals surface area (Å²) in [5.41, 5.74) is -0.195. The molecule has 0 saturated carbocycles. The standard InChI is InChI=1S/C9H6N2O4S/c1-15-9(12)6(5-10)4-7-2-3-8(16-7)11(13)14/h2-4H,1H3. The Morgan fingerprint density at radius 2 is 2.38 bits per heavy atom. The fourth-order valence-corrected chi connectivity index (χ4v) is 1.67. The molecule has 1 heterocycles. The molecule has 0 amide bonds. The van der Waals surface area contributed by atoms with Gasteiger partial charge in [-0.15, -0.1) is 0 Å². The Bertz CT molecular complexity index is 498. The minimum atomic E-state index is -0.765. The van der Waals surface area contributed by atoms with Gasteiger partial charge in [0.15, 0.2) is 0 Å². The van der Waals surface area contributed by atoms with Gasteiger partial charge in [0.2, 0.25) is 0 Å². The smallest absolute Gasteiger partial charge is 0.348 e. The number of hydrogen-bond donors (Lipinski definition) is 0. The van der Waals surface area contributed by atoms with Crippen molar-refractivity contribution in [3.05, 3.63) is 32.7 Å². The van der Waals surface area contributed by atoms with Crippen molar-refractivity contribution in [2.24, 2.45) is 0 Å². The molecule has 0 N–H and O–H groups in total. The molecule has 1 aromatic rings. The first-order valence-electron chi connectivity index (χ1n) is 4.03. The van der Waals surface area contributed by atoms with Gasteiger partial charge < -0.3 is 4.74 Å². The summed E-state index contributed by atoms with van der Waals surface area (Å²) in [5, 5.41) is 19.0. The topological polar surface area (TPSA) is 93.2 Å². The fraction of sp³-hybridized carbons (Fsp3) is 0.111. The number of nitriles is 1. The Balaban J connectivity index is 3.01. The van der Waals surface area contributed by atoms with E-state index in [1.807, 2.05) is 0 Å². The number of nitro groups is 1. The molecular weight excluding hydrogens is 232 g/mol. The van der Waals surface area contributed by atoms with Crippen LogP contribution in [-0.2, 0) is 9.53 Å². The quantitative estimate of drug-likeness (QED) is 0.263. The molecule has 0 spiro atoms. The summed E-state index contributed by atoms with van der Waals surface area (Å²) in [6.45, 7) is 0. The third-order valence-corrected chi connectivity index (χ3v) is 2.59. The minimum Gasteiger partial charge on any atom is -0.465 e. The number of esters is 1. The first-order chi connectivity index (χ1) is 7.58. The SMILES string of the molecule is COC(=O)C(C#N)=Cc1ccc([N+](=O)[O-])s1. The van der Waals surface area contributed by atoms with Crippen molar-refractivity contribution in [3.8, 4) is 6.07 Å². The molecule has 7 heteroatoms. The fourth-order valence-electron chi connectivity index (χ4n) is 0.907. The molecule has 1 aromatic heterocycles. The lowest BCUT2D eigenvalue weighted by atomic mass is 10.2. The van der Waals surface area contributed by atoms with Gasteiger partial charge in [0, 0.05) is 10.9 Å². The molecular formula is C9H6N2O4S. The number of carbonyl (C=O) groups is 1. The zero-order chi connectivity index (χ0) is 12.1. The summed E-state index contributed by atoms with van der Waals surface area (Å²) >= 11 is 0.878. The van der Waals surface area contributed by atoms with Crippen LogP contribution < -0.4 is 0 Å². The molecule has 0 bridgehead atoms. The Labute approximate surface area is 94.5 Å². The molecule has 0 aliphatic heterocycles. The van der Waals surface area contributed by atoms with Crippen molar-refractivity contribution in [3.63, 3.8) is 0 Å². The Morgan fingerprint density at radius 1 is 1.69 bits per heavy atom. The molecule has 16 heavy (non-hydrogen) atoms. The number of nitrogens with zero attached hydrogens (tertiary/aromatic N) is 2. The van der Waals surface area contributed by atoms with E-state index in [9.17, 15) is 14.9 Å². The van der Waals surface area contributed by atoms with Crippen molar-refractivity contribution in [2.75, 3.05) is 7.11 Å². The molecule has 0 saturated heterocycles. The Hall–Kier alpha value is -2.20. The molecule has 0 unspecified atom stereocenters.